The van der Waals surface area contributed by atoms with E-state index in [4.69, 9.17) is 4.74 Å². The fourth-order valence-corrected chi connectivity index (χ4v) is 2.84. The van der Waals surface area contributed by atoms with Crippen LogP contribution < -0.4 is 10.6 Å². The summed E-state index contributed by atoms with van der Waals surface area (Å²) in [7, 11) is 0. The second-order valence-electron chi connectivity index (χ2n) is 4.85. The third-order valence-electron chi connectivity index (χ3n) is 3.23. The molecule has 2 rings (SSSR count). The number of aromatic nitrogens is 1. The summed E-state index contributed by atoms with van der Waals surface area (Å²) in [5.74, 6) is 0.580. The first-order valence-electron chi connectivity index (χ1n) is 6.72. The van der Waals surface area contributed by atoms with Gasteiger partial charge in [-0.25, -0.2) is 4.98 Å². The average Bonchev–Trinajstić information content (AvgIpc) is 2.96. The molecule has 0 aromatic carbocycles. The molecule has 0 amide bonds. The Morgan fingerprint density at radius 1 is 1.50 bits per heavy atom. The zero-order valence-corrected chi connectivity index (χ0v) is 12.1. The third kappa shape index (κ3) is 4.02. The fraction of sp³-hybridized carbons (Fsp3) is 0.769. The minimum Gasteiger partial charge on any atom is -0.379 e. The molecule has 1 aliphatic rings. The first-order valence-corrected chi connectivity index (χ1v) is 7.60. The highest BCUT2D eigenvalue weighted by Crippen LogP contribution is 2.13. The maximum atomic E-state index is 5.56. The summed E-state index contributed by atoms with van der Waals surface area (Å²) >= 11 is 1.71. The molecule has 0 radical (unpaired) electrons. The van der Waals surface area contributed by atoms with E-state index in [1.165, 1.54) is 6.42 Å². The number of nitrogens with one attached hydrogen (secondary N) is 2. The van der Waals surface area contributed by atoms with Crippen molar-refractivity contribution in [1.82, 2.24) is 15.6 Å². The molecular weight excluding hydrogens is 246 g/mol. The molecule has 1 fully saturated rings. The molecular formula is C13H23N3OS. The Kier molecular flexibility index (Phi) is 5.56. The number of rotatable bonds is 7. The van der Waals surface area contributed by atoms with Crippen LogP contribution in [0.4, 0.5) is 0 Å². The van der Waals surface area contributed by atoms with E-state index in [1.807, 2.05) is 6.92 Å². The monoisotopic (exact) mass is 269 g/mol. The van der Waals surface area contributed by atoms with E-state index in [2.05, 4.69) is 27.9 Å². The SMILES string of the molecule is CCCNC1COCC1CNCc1csc(C)n1. The van der Waals surface area contributed by atoms with Crippen LogP contribution in [0.25, 0.3) is 0 Å². The Bertz CT molecular complexity index is 356. The summed E-state index contributed by atoms with van der Waals surface area (Å²) in [5, 5.41) is 10.3. The molecule has 0 spiro atoms. The zero-order valence-electron chi connectivity index (χ0n) is 11.2. The van der Waals surface area contributed by atoms with Gasteiger partial charge in [0.1, 0.15) is 0 Å². The van der Waals surface area contributed by atoms with Gasteiger partial charge in [-0.2, -0.15) is 0 Å². The van der Waals surface area contributed by atoms with Crippen LogP contribution in [0.2, 0.25) is 0 Å². The second-order valence-corrected chi connectivity index (χ2v) is 5.91. The zero-order chi connectivity index (χ0) is 12.8. The molecule has 2 N–H and O–H groups in total. The van der Waals surface area contributed by atoms with Crippen molar-refractivity contribution >= 4 is 11.3 Å². The molecule has 2 atom stereocenters. The molecule has 1 saturated heterocycles. The van der Waals surface area contributed by atoms with E-state index in [0.29, 0.717) is 12.0 Å². The van der Waals surface area contributed by atoms with Gasteiger partial charge in [-0.05, 0) is 19.9 Å². The first kappa shape index (κ1) is 13.9. The lowest BCUT2D eigenvalue weighted by molar-refractivity contribution is 0.182. The molecule has 2 unspecified atom stereocenters. The maximum absolute atomic E-state index is 5.56. The van der Waals surface area contributed by atoms with Crippen LogP contribution in [0, 0.1) is 12.8 Å². The second kappa shape index (κ2) is 7.19. The summed E-state index contributed by atoms with van der Waals surface area (Å²) in [5.41, 5.74) is 1.15. The smallest absolute Gasteiger partial charge is 0.0897 e. The van der Waals surface area contributed by atoms with Crippen molar-refractivity contribution in [3.05, 3.63) is 16.1 Å². The minimum atomic E-state index is 0.509. The predicted molar refractivity (Wildman–Crippen MR) is 74.9 cm³/mol. The van der Waals surface area contributed by atoms with Crippen molar-refractivity contribution in [2.45, 2.75) is 32.9 Å². The predicted octanol–water partition coefficient (Wildman–Crippen LogP) is 1.56. The highest BCUT2D eigenvalue weighted by Gasteiger charge is 2.26. The van der Waals surface area contributed by atoms with Gasteiger partial charge in [0.15, 0.2) is 0 Å². The lowest BCUT2D eigenvalue weighted by Crippen LogP contribution is -2.40. The van der Waals surface area contributed by atoms with E-state index in [0.717, 1.165) is 43.5 Å². The van der Waals surface area contributed by atoms with Crippen LogP contribution >= 0.6 is 11.3 Å². The molecule has 1 aromatic heterocycles. The molecule has 0 saturated carbocycles. The van der Waals surface area contributed by atoms with Crippen molar-refractivity contribution in [1.29, 1.82) is 0 Å². The number of hydrogen-bond acceptors (Lipinski definition) is 5. The molecule has 1 aliphatic heterocycles. The topological polar surface area (TPSA) is 46.2 Å². The highest BCUT2D eigenvalue weighted by atomic mass is 32.1. The molecule has 5 heteroatoms. The maximum Gasteiger partial charge on any atom is 0.0897 e. The number of nitrogens with zero attached hydrogens (tertiary/aromatic N) is 1. The summed E-state index contributed by atoms with van der Waals surface area (Å²) in [4.78, 5) is 4.45. The van der Waals surface area contributed by atoms with Crippen LogP contribution in [0.15, 0.2) is 5.38 Å². The first-order chi connectivity index (χ1) is 8.79. The average molecular weight is 269 g/mol. The van der Waals surface area contributed by atoms with E-state index < -0.39 is 0 Å². The van der Waals surface area contributed by atoms with Gasteiger partial charge in [0, 0.05) is 30.4 Å². The van der Waals surface area contributed by atoms with Gasteiger partial charge in [-0.1, -0.05) is 6.92 Å². The minimum absolute atomic E-state index is 0.509. The van der Waals surface area contributed by atoms with Crippen molar-refractivity contribution < 1.29 is 4.74 Å². The van der Waals surface area contributed by atoms with E-state index >= 15 is 0 Å². The van der Waals surface area contributed by atoms with Crippen molar-refractivity contribution in [2.75, 3.05) is 26.3 Å². The molecule has 18 heavy (non-hydrogen) atoms. The standard InChI is InChI=1S/C13H23N3OS/c1-3-4-15-13-8-17-7-11(13)5-14-6-12-9-18-10(2)16-12/h9,11,13-15H,3-8H2,1-2H3. The van der Waals surface area contributed by atoms with E-state index in [1.54, 1.807) is 11.3 Å². The Balaban J connectivity index is 1.69. The normalized spacial score (nSPS) is 23.7. The van der Waals surface area contributed by atoms with E-state index in [9.17, 15) is 0 Å². The summed E-state index contributed by atoms with van der Waals surface area (Å²) in [6, 6.07) is 0.509. The van der Waals surface area contributed by atoms with Gasteiger partial charge in [-0.3, -0.25) is 0 Å². The quantitative estimate of drug-likeness (QED) is 0.788. The largest absolute Gasteiger partial charge is 0.379 e. The van der Waals surface area contributed by atoms with E-state index in [-0.39, 0.29) is 0 Å². The van der Waals surface area contributed by atoms with Crippen LogP contribution in [-0.4, -0.2) is 37.3 Å². The Morgan fingerprint density at radius 2 is 2.39 bits per heavy atom. The fourth-order valence-electron chi connectivity index (χ4n) is 2.23. The van der Waals surface area contributed by atoms with Crippen LogP contribution in [-0.2, 0) is 11.3 Å². The molecule has 102 valence electrons. The van der Waals surface area contributed by atoms with Crippen LogP contribution in [0.5, 0.6) is 0 Å². The lowest BCUT2D eigenvalue weighted by Gasteiger charge is -2.19. The Labute approximate surface area is 113 Å². The molecule has 0 aliphatic carbocycles. The van der Waals surface area contributed by atoms with Gasteiger partial charge >= 0.3 is 0 Å². The molecule has 0 bridgehead atoms. The van der Waals surface area contributed by atoms with Crippen molar-refractivity contribution in [3.63, 3.8) is 0 Å². The number of aryl methyl sites for hydroxylation is 1. The van der Waals surface area contributed by atoms with Crippen molar-refractivity contribution in [2.24, 2.45) is 5.92 Å². The molecule has 4 nitrogen and oxygen atoms in total. The van der Waals surface area contributed by atoms with Crippen LogP contribution in [0.1, 0.15) is 24.0 Å². The molecule has 1 aromatic rings. The van der Waals surface area contributed by atoms with Crippen LogP contribution in [0.3, 0.4) is 0 Å². The van der Waals surface area contributed by atoms with Gasteiger partial charge in [0.05, 0.1) is 23.9 Å². The number of hydrogen-bond donors (Lipinski definition) is 2. The Morgan fingerprint density at radius 3 is 3.11 bits per heavy atom. The van der Waals surface area contributed by atoms with Crippen molar-refractivity contribution in [3.8, 4) is 0 Å². The van der Waals surface area contributed by atoms with Gasteiger partial charge < -0.3 is 15.4 Å². The Hall–Kier alpha value is -0.490. The molecule has 2 heterocycles. The van der Waals surface area contributed by atoms with Gasteiger partial charge in [-0.15, -0.1) is 11.3 Å². The summed E-state index contributed by atoms with van der Waals surface area (Å²) in [6.07, 6.45) is 1.18. The highest BCUT2D eigenvalue weighted by molar-refractivity contribution is 7.09. The third-order valence-corrected chi connectivity index (χ3v) is 4.06. The lowest BCUT2D eigenvalue weighted by atomic mass is 10.0. The number of ether oxygens (including phenoxy) is 1. The summed E-state index contributed by atoms with van der Waals surface area (Å²) < 4.78 is 5.56. The van der Waals surface area contributed by atoms with Gasteiger partial charge in [0.25, 0.3) is 0 Å². The summed E-state index contributed by atoms with van der Waals surface area (Å²) in [6.45, 7) is 8.89. The van der Waals surface area contributed by atoms with Gasteiger partial charge in [0.2, 0.25) is 0 Å². The number of thiazole rings is 1.